The normalized spacial score (nSPS) is 11.4. The molecule has 6 nitrogen and oxygen atoms in total. The van der Waals surface area contributed by atoms with Gasteiger partial charge in [-0.25, -0.2) is 15.0 Å². The molecule has 0 atom stereocenters. The number of benzene rings is 1. The van der Waals surface area contributed by atoms with Crippen molar-refractivity contribution in [1.82, 2.24) is 24.9 Å². The largest absolute Gasteiger partial charge is 0.382 e. The summed E-state index contributed by atoms with van der Waals surface area (Å²) in [6.07, 6.45) is 3.04. The highest BCUT2D eigenvalue weighted by Gasteiger charge is 2.13. The van der Waals surface area contributed by atoms with Crippen LogP contribution in [0.1, 0.15) is 0 Å². The smallest absolute Gasteiger partial charge is 0.183 e. The van der Waals surface area contributed by atoms with Crippen LogP contribution in [0.5, 0.6) is 0 Å². The zero-order valence-corrected chi connectivity index (χ0v) is 13.7. The van der Waals surface area contributed by atoms with Crippen molar-refractivity contribution in [2.24, 2.45) is 0 Å². The van der Waals surface area contributed by atoms with Crippen molar-refractivity contribution < 1.29 is 0 Å². The Morgan fingerprint density at radius 1 is 1.13 bits per heavy atom. The Kier molecular flexibility index (Phi) is 3.48. The maximum atomic E-state index is 6.22. The van der Waals surface area contributed by atoms with Crippen LogP contribution in [-0.4, -0.2) is 24.9 Å². The molecule has 0 aliphatic carbocycles. The van der Waals surface area contributed by atoms with Gasteiger partial charge in [0.2, 0.25) is 0 Å². The van der Waals surface area contributed by atoms with E-state index in [2.05, 4.69) is 24.9 Å². The molecule has 0 saturated heterocycles. The van der Waals surface area contributed by atoms with Gasteiger partial charge in [0.05, 0.1) is 10.5 Å². The van der Waals surface area contributed by atoms with Gasteiger partial charge in [-0.1, -0.05) is 23.2 Å². The van der Waals surface area contributed by atoms with Crippen molar-refractivity contribution in [3.8, 4) is 0 Å². The number of pyridine rings is 1. The van der Waals surface area contributed by atoms with Crippen molar-refractivity contribution in [3.05, 3.63) is 40.8 Å². The molecule has 0 radical (unpaired) electrons. The lowest BCUT2D eigenvalue weighted by Gasteiger charge is -2.06. The summed E-state index contributed by atoms with van der Waals surface area (Å²) in [5, 5.41) is 2.58. The second-order valence-corrected chi connectivity index (χ2v) is 6.57. The average molecular weight is 363 g/mol. The van der Waals surface area contributed by atoms with E-state index in [4.69, 9.17) is 28.9 Å². The third kappa shape index (κ3) is 2.56. The van der Waals surface area contributed by atoms with Crippen LogP contribution < -0.4 is 5.73 Å². The van der Waals surface area contributed by atoms with E-state index in [-0.39, 0.29) is 0 Å². The number of anilines is 1. The number of nitrogens with zero attached hydrogens (tertiary/aromatic N) is 4. The first-order chi connectivity index (χ1) is 11.1. The minimum atomic E-state index is 0.353. The van der Waals surface area contributed by atoms with Crippen LogP contribution in [0.4, 0.5) is 5.82 Å². The van der Waals surface area contributed by atoms with E-state index in [1.807, 2.05) is 6.07 Å². The lowest BCUT2D eigenvalue weighted by molar-refractivity contribution is 1.07. The highest BCUT2D eigenvalue weighted by Crippen LogP contribution is 2.36. The monoisotopic (exact) mass is 362 g/mol. The average Bonchev–Trinajstić information content (AvgIpc) is 2.92. The summed E-state index contributed by atoms with van der Waals surface area (Å²) in [4.78, 5) is 20.8. The Morgan fingerprint density at radius 2 is 2.00 bits per heavy atom. The lowest BCUT2D eigenvalue weighted by Crippen LogP contribution is -1.91. The predicted octanol–water partition coefficient (Wildman–Crippen LogP) is 3.94. The number of imidazole rings is 1. The standard InChI is InChI=1S/C14H8Cl2N6S/c15-6-3-7-8(16)1-2-18-10(7)9(4-6)23-14-21-11-12(17)19-5-20-13(11)22-14/h1-5H,(H3,17,19,20,21,22). The molecule has 0 aliphatic heterocycles. The van der Waals surface area contributed by atoms with E-state index in [1.54, 1.807) is 18.3 Å². The molecule has 0 fully saturated rings. The van der Waals surface area contributed by atoms with Gasteiger partial charge in [0.15, 0.2) is 16.6 Å². The van der Waals surface area contributed by atoms with Crippen LogP contribution in [0.15, 0.2) is 40.8 Å². The van der Waals surface area contributed by atoms with Gasteiger partial charge in [0, 0.05) is 21.5 Å². The topological polar surface area (TPSA) is 93.4 Å². The molecule has 0 saturated carbocycles. The van der Waals surface area contributed by atoms with E-state index in [0.717, 1.165) is 15.8 Å². The van der Waals surface area contributed by atoms with Crippen LogP contribution in [0, 0.1) is 0 Å². The summed E-state index contributed by atoms with van der Waals surface area (Å²) in [7, 11) is 0. The number of rotatable bonds is 2. The van der Waals surface area contributed by atoms with E-state index >= 15 is 0 Å². The number of halogens is 2. The quantitative estimate of drug-likeness (QED) is 0.560. The lowest BCUT2D eigenvalue weighted by atomic mass is 10.2. The van der Waals surface area contributed by atoms with Crippen LogP contribution >= 0.6 is 35.0 Å². The fourth-order valence-corrected chi connectivity index (χ4v) is 3.63. The number of aromatic amines is 1. The van der Waals surface area contributed by atoms with Crippen LogP contribution in [0.2, 0.25) is 10.0 Å². The van der Waals surface area contributed by atoms with Crippen LogP contribution in [0.3, 0.4) is 0 Å². The Bertz CT molecular complexity index is 1050. The summed E-state index contributed by atoms with van der Waals surface area (Å²) in [5.41, 5.74) is 7.69. The molecule has 3 aromatic heterocycles. The molecule has 4 rings (SSSR count). The van der Waals surface area contributed by atoms with Crippen LogP contribution in [0.25, 0.3) is 22.1 Å². The van der Waals surface area contributed by atoms with Gasteiger partial charge >= 0.3 is 0 Å². The summed E-state index contributed by atoms with van der Waals surface area (Å²) in [6.45, 7) is 0. The third-order valence-electron chi connectivity index (χ3n) is 3.22. The Morgan fingerprint density at radius 3 is 2.83 bits per heavy atom. The first-order valence-corrected chi connectivity index (χ1v) is 8.07. The molecular formula is C14H8Cl2N6S. The Hall–Kier alpha value is -2.09. The van der Waals surface area contributed by atoms with Gasteiger partial charge < -0.3 is 10.7 Å². The fraction of sp³-hybridized carbons (Fsp3) is 0. The van der Waals surface area contributed by atoms with Gasteiger partial charge in [-0.3, -0.25) is 4.98 Å². The SMILES string of the molecule is Nc1ncnc2nc(Sc3cc(Cl)cc4c(Cl)ccnc34)[nH]c12. The minimum Gasteiger partial charge on any atom is -0.382 e. The number of hydrogen-bond acceptors (Lipinski definition) is 6. The van der Waals surface area contributed by atoms with Gasteiger partial charge in [0.1, 0.15) is 11.8 Å². The molecule has 0 amide bonds. The number of nitrogens with two attached hydrogens (primary N) is 1. The van der Waals surface area contributed by atoms with Crippen LogP contribution in [-0.2, 0) is 0 Å². The molecule has 0 unspecified atom stereocenters. The maximum absolute atomic E-state index is 6.22. The van der Waals surface area contributed by atoms with Gasteiger partial charge in [0.25, 0.3) is 0 Å². The second kappa shape index (κ2) is 5.52. The van der Waals surface area contributed by atoms with E-state index in [0.29, 0.717) is 32.2 Å². The molecular weight excluding hydrogens is 355 g/mol. The molecule has 23 heavy (non-hydrogen) atoms. The summed E-state index contributed by atoms with van der Waals surface area (Å²) in [6, 6.07) is 5.34. The second-order valence-electron chi connectivity index (χ2n) is 4.69. The summed E-state index contributed by atoms with van der Waals surface area (Å²) >= 11 is 13.8. The van der Waals surface area contributed by atoms with E-state index in [9.17, 15) is 0 Å². The molecule has 9 heteroatoms. The molecule has 4 aromatic rings. The number of hydrogen-bond donors (Lipinski definition) is 2. The molecule has 0 spiro atoms. The zero-order chi connectivity index (χ0) is 16.0. The fourth-order valence-electron chi connectivity index (χ4n) is 2.21. The molecule has 3 heterocycles. The maximum Gasteiger partial charge on any atom is 0.183 e. The molecule has 0 aliphatic rings. The number of fused-ring (bicyclic) bond motifs is 2. The van der Waals surface area contributed by atoms with Gasteiger partial charge in [-0.15, -0.1) is 0 Å². The van der Waals surface area contributed by atoms with Crippen molar-refractivity contribution in [2.45, 2.75) is 10.1 Å². The highest BCUT2D eigenvalue weighted by molar-refractivity contribution is 7.99. The van der Waals surface area contributed by atoms with Crippen molar-refractivity contribution in [3.63, 3.8) is 0 Å². The third-order valence-corrected chi connectivity index (χ3v) is 4.69. The molecule has 114 valence electrons. The highest BCUT2D eigenvalue weighted by atomic mass is 35.5. The van der Waals surface area contributed by atoms with E-state index < -0.39 is 0 Å². The number of H-pyrrole nitrogens is 1. The molecule has 0 bridgehead atoms. The summed E-state index contributed by atoms with van der Waals surface area (Å²) in [5.74, 6) is 0.353. The zero-order valence-electron chi connectivity index (χ0n) is 11.4. The molecule has 3 N–H and O–H groups in total. The minimum absolute atomic E-state index is 0.353. The number of nitrogen functional groups attached to an aromatic ring is 1. The Labute approximate surface area is 144 Å². The first kappa shape index (κ1) is 14.5. The van der Waals surface area contributed by atoms with Crippen molar-refractivity contribution >= 4 is 62.8 Å². The summed E-state index contributed by atoms with van der Waals surface area (Å²) < 4.78 is 0. The Balaban J connectivity index is 1.85. The van der Waals surface area contributed by atoms with Crippen molar-refractivity contribution in [1.29, 1.82) is 0 Å². The number of nitrogens with one attached hydrogen (secondary N) is 1. The number of aromatic nitrogens is 5. The predicted molar refractivity (Wildman–Crippen MR) is 92.0 cm³/mol. The van der Waals surface area contributed by atoms with Gasteiger partial charge in [-0.05, 0) is 30.0 Å². The van der Waals surface area contributed by atoms with Gasteiger partial charge in [-0.2, -0.15) is 0 Å². The van der Waals surface area contributed by atoms with Crippen molar-refractivity contribution in [2.75, 3.05) is 5.73 Å². The first-order valence-electron chi connectivity index (χ1n) is 6.49. The molecule has 1 aromatic carbocycles. The van der Waals surface area contributed by atoms with E-state index in [1.165, 1.54) is 18.1 Å².